The number of nitrogens with zero attached hydrogens (tertiary/aromatic N) is 2. The van der Waals surface area contributed by atoms with Gasteiger partial charge in [-0.1, -0.05) is 12.2 Å². The van der Waals surface area contributed by atoms with Crippen LogP contribution < -0.4 is 0 Å². The van der Waals surface area contributed by atoms with Crippen molar-refractivity contribution in [2.75, 3.05) is 18.8 Å². The summed E-state index contributed by atoms with van der Waals surface area (Å²) in [5.41, 5.74) is 0.625. The molecule has 0 aromatic carbocycles. The average molecular weight is 200 g/mol. The minimum Gasteiger partial charge on any atom is -0.212 e. The quantitative estimate of drug-likeness (QED) is 0.617. The molecule has 0 radical (unpaired) electrons. The van der Waals surface area contributed by atoms with Crippen LogP contribution in [0, 0.1) is 17.2 Å². The molecular weight excluding hydrogens is 188 g/mol. The van der Waals surface area contributed by atoms with Gasteiger partial charge in [0.1, 0.15) is 0 Å². The fourth-order valence-electron chi connectivity index (χ4n) is 1.15. The molecule has 1 fully saturated rings. The van der Waals surface area contributed by atoms with Gasteiger partial charge >= 0.3 is 0 Å². The van der Waals surface area contributed by atoms with E-state index in [0.717, 1.165) is 0 Å². The minimum atomic E-state index is -3.18. The molecule has 0 unspecified atom stereocenters. The monoisotopic (exact) mass is 200 g/mol. The standard InChI is InChI=1S/C8H12N2O2S/c1-7(2)6-13(11,12)10-4-8(3-9)5-10/h8H,1,4-6H2,2H3. The molecule has 0 atom stereocenters. The highest BCUT2D eigenvalue weighted by atomic mass is 32.2. The molecule has 4 nitrogen and oxygen atoms in total. The lowest BCUT2D eigenvalue weighted by Gasteiger charge is -2.33. The van der Waals surface area contributed by atoms with E-state index in [9.17, 15) is 8.42 Å². The van der Waals surface area contributed by atoms with E-state index in [1.54, 1.807) is 6.92 Å². The Morgan fingerprint density at radius 1 is 1.69 bits per heavy atom. The Labute approximate surface area is 78.5 Å². The molecule has 0 aliphatic carbocycles. The smallest absolute Gasteiger partial charge is 0.212 e. The first-order valence-corrected chi connectivity index (χ1v) is 5.58. The number of hydrogen-bond acceptors (Lipinski definition) is 3. The van der Waals surface area contributed by atoms with Crippen molar-refractivity contribution in [2.24, 2.45) is 5.92 Å². The number of rotatable bonds is 3. The van der Waals surface area contributed by atoms with E-state index in [1.165, 1.54) is 4.31 Å². The Morgan fingerprint density at radius 3 is 2.62 bits per heavy atom. The van der Waals surface area contributed by atoms with E-state index in [4.69, 9.17) is 5.26 Å². The van der Waals surface area contributed by atoms with Gasteiger partial charge in [0.15, 0.2) is 0 Å². The maximum Gasteiger partial charge on any atom is 0.218 e. The van der Waals surface area contributed by atoms with Gasteiger partial charge in [-0.25, -0.2) is 8.42 Å². The van der Waals surface area contributed by atoms with Crippen LogP contribution in [0.1, 0.15) is 6.92 Å². The molecule has 1 heterocycles. The van der Waals surface area contributed by atoms with Crippen molar-refractivity contribution < 1.29 is 8.42 Å². The Morgan fingerprint density at radius 2 is 2.23 bits per heavy atom. The third-order valence-corrected chi connectivity index (χ3v) is 3.80. The van der Waals surface area contributed by atoms with Crippen molar-refractivity contribution in [3.63, 3.8) is 0 Å². The highest BCUT2D eigenvalue weighted by Crippen LogP contribution is 2.19. The van der Waals surface area contributed by atoms with Gasteiger partial charge in [-0.15, -0.1) is 0 Å². The summed E-state index contributed by atoms with van der Waals surface area (Å²) in [5.74, 6) is -0.134. The summed E-state index contributed by atoms with van der Waals surface area (Å²) in [6, 6.07) is 2.03. The Hall–Kier alpha value is -0.860. The maximum atomic E-state index is 11.4. The third-order valence-electron chi connectivity index (χ3n) is 1.85. The van der Waals surface area contributed by atoms with E-state index in [1.807, 2.05) is 6.07 Å². The largest absolute Gasteiger partial charge is 0.218 e. The molecule has 1 rings (SSSR count). The molecule has 1 aliphatic heterocycles. The number of hydrogen-bond donors (Lipinski definition) is 0. The molecule has 0 bridgehead atoms. The molecule has 72 valence electrons. The molecular formula is C8H12N2O2S. The van der Waals surface area contributed by atoms with Crippen molar-refractivity contribution in [3.8, 4) is 6.07 Å². The highest BCUT2D eigenvalue weighted by molar-refractivity contribution is 7.89. The summed E-state index contributed by atoms with van der Waals surface area (Å²) < 4.78 is 24.2. The molecule has 0 saturated carbocycles. The lowest BCUT2D eigenvalue weighted by molar-refractivity contribution is 0.249. The van der Waals surface area contributed by atoms with E-state index < -0.39 is 10.0 Å². The topological polar surface area (TPSA) is 61.2 Å². The van der Waals surface area contributed by atoms with Crippen LogP contribution in [0.3, 0.4) is 0 Å². The summed E-state index contributed by atoms with van der Waals surface area (Å²) in [5, 5.41) is 8.46. The van der Waals surface area contributed by atoms with Crippen LogP contribution in [-0.2, 0) is 10.0 Å². The second kappa shape index (κ2) is 3.48. The van der Waals surface area contributed by atoms with Crippen LogP contribution in [0.5, 0.6) is 0 Å². The normalized spacial score (nSPS) is 19.1. The zero-order chi connectivity index (χ0) is 10.1. The molecule has 0 amide bonds. The Balaban J connectivity index is 2.56. The summed E-state index contributed by atoms with van der Waals surface area (Å²) in [4.78, 5) is 0. The lowest BCUT2D eigenvalue weighted by atomic mass is 10.1. The predicted octanol–water partition coefficient (Wildman–Crippen LogP) is 0.348. The van der Waals surface area contributed by atoms with Gasteiger partial charge in [-0.05, 0) is 6.92 Å². The minimum absolute atomic E-state index is 0.00878. The predicted molar refractivity (Wildman–Crippen MR) is 49.3 cm³/mol. The van der Waals surface area contributed by atoms with Crippen LogP contribution in [0.15, 0.2) is 12.2 Å². The van der Waals surface area contributed by atoms with Crippen molar-refractivity contribution >= 4 is 10.0 Å². The van der Waals surface area contributed by atoms with Crippen molar-refractivity contribution in [3.05, 3.63) is 12.2 Å². The van der Waals surface area contributed by atoms with Gasteiger partial charge in [0.25, 0.3) is 0 Å². The van der Waals surface area contributed by atoms with Crippen molar-refractivity contribution in [1.29, 1.82) is 5.26 Å². The molecule has 13 heavy (non-hydrogen) atoms. The second-order valence-corrected chi connectivity index (χ2v) is 5.33. The summed E-state index contributed by atoms with van der Waals surface area (Å²) in [6.45, 7) is 5.91. The van der Waals surface area contributed by atoms with Crippen molar-refractivity contribution in [1.82, 2.24) is 4.31 Å². The van der Waals surface area contributed by atoms with Gasteiger partial charge < -0.3 is 0 Å². The summed E-state index contributed by atoms with van der Waals surface area (Å²) in [7, 11) is -3.18. The number of sulfonamides is 1. The van der Waals surface area contributed by atoms with Gasteiger partial charge in [0, 0.05) is 13.1 Å². The Bertz CT molecular complexity index is 347. The lowest BCUT2D eigenvalue weighted by Crippen LogP contribution is -2.50. The average Bonchev–Trinajstić information content (AvgIpc) is 1.79. The van der Waals surface area contributed by atoms with E-state index in [0.29, 0.717) is 18.7 Å². The molecule has 0 N–H and O–H groups in total. The summed E-state index contributed by atoms with van der Waals surface area (Å²) in [6.07, 6.45) is 0. The van der Waals surface area contributed by atoms with Gasteiger partial charge in [-0.2, -0.15) is 9.57 Å². The molecule has 1 saturated heterocycles. The van der Waals surface area contributed by atoms with Gasteiger partial charge in [-0.3, -0.25) is 0 Å². The van der Waals surface area contributed by atoms with E-state index >= 15 is 0 Å². The van der Waals surface area contributed by atoms with E-state index in [2.05, 4.69) is 6.58 Å². The Kier molecular flexibility index (Phi) is 2.74. The molecule has 0 aromatic rings. The van der Waals surface area contributed by atoms with Gasteiger partial charge in [0.05, 0.1) is 17.7 Å². The molecule has 0 aromatic heterocycles. The first kappa shape index (κ1) is 10.2. The van der Waals surface area contributed by atoms with Crippen LogP contribution in [0.2, 0.25) is 0 Å². The zero-order valence-electron chi connectivity index (χ0n) is 7.52. The first-order valence-electron chi connectivity index (χ1n) is 3.97. The third kappa shape index (κ3) is 2.29. The van der Waals surface area contributed by atoms with Crippen LogP contribution >= 0.6 is 0 Å². The first-order chi connectivity index (χ1) is 5.95. The second-order valence-electron chi connectivity index (χ2n) is 3.36. The van der Waals surface area contributed by atoms with Gasteiger partial charge in [0.2, 0.25) is 10.0 Å². The number of nitriles is 1. The fourth-order valence-corrected chi connectivity index (χ4v) is 2.77. The SMILES string of the molecule is C=C(C)CS(=O)(=O)N1CC(C#N)C1. The van der Waals surface area contributed by atoms with Crippen LogP contribution in [-0.4, -0.2) is 31.6 Å². The van der Waals surface area contributed by atoms with Crippen LogP contribution in [0.25, 0.3) is 0 Å². The zero-order valence-corrected chi connectivity index (χ0v) is 8.34. The highest BCUT2D eigenvalue weighted by Gasteiger charge is 2.35. The summed E-state index contributed by atoms with van der Waals surface area (Å²) >= 11 is 0. The van der Waals surface area contributed by atoms with Crippen LogP contribution in [0.4, 0.5) is 0 Å². The molecule has 5 heteroatoms. The van der Waals surface area contributed by atoms with Crippen molar-refractivity contribution in [2.45, 2.75) is 6.92 Å². The molecule has 0 spiro atoms. The maximum absolute atomic E-state index is 11.4. The molecule has 1 aliphatic rings. The fraction of sp³-hybridized carbons (Fsp3) is 0.625. The van der Waals surface area contributed by atoms with E-state index in [-0.39, 0.29) is 11.7 Å².